The van der Waals surface area contributed by atoms with Gasteiger partial charge in [-0.15, -0.1) is 11.3 Å². The van der Waals surface area contributed by atoms with Gasteiger partial charge in [-0.25, -0.2) is 4.98 Å². The maximum atomic E-state index is 11.3. The number of carbonyl (C=O) groups is 1. The summed E-state index contributed by atoms with van der Waals surface area (Å²) in [5.41, 5.74) is 2.23. The minimum atomic E-state index is 0.0526. The van der Waals surface area contributed by atoms with Crippen LogP contribution in [0, 0.1) is 0 Å². The minimum Gasteiger partial charge on any atom is -0.346 e. The van der Waals surface area contributed by atoms with E-state index < -0.39 is 0 Å². The van der Waals surface area contributed by atoms with Crippen molar-refractivity contribution >= 4 is 17.2 Å². The fourth-order valence-corrected chi connectivity index (χ4v) is 3.20. The Kier molecular flexibility index (Phi) is 3.38. The summed E-state index contributed by atoms with van der Waals surface area (Å²) in [7, 11) is 0. The van der Waals surface area contributed by atoms with Crippen LogP contribution in [0.3, 0.4) is 0 Å². The maximum Gasteiger partial charge on any atom is 0.220 e. The number of hydrogen-bond donors (Lipinski definition) is 2. The van der Waals surface area contributed by atoms with Crippen LogP contribution >= 0.6 is 11.3 Å². The second kappa shape index (κ2) is 5.17. The fourth-order valence-electron chi connectivity index (χ4n) is 2.46. The molecule has 100 valence electrons. The SMILES string of the molecule is CCCc1[nH]c(C2CCC(=O)N2)nc1-c1cccs1. The first-order chi connectivity index (χ1) is 9.28. The third-order valence-corrected chi connectivity index (χ3v) is 4.25. The number of aryl methyl sites for hydroxylation is 1. The Morgan fingerprint density at radius 3 is 3.05 bits per heavy atom. The molecule has 0 bridgehead atoms. The molecule has 3 heterocycles. The molecule has 2 aromatic heterocycles. The molecule has 1 aliphatic rings. The zero-order valence-electron chi connectivity index (χ0n) is 10.9. The third kappa shape index (κ3) is 2.42. The van der Waals surface area contributed by atoms with Crippen molar-refractivity contribution in [3.05, 3.63) is 29.0 Å². The lowest BCUT2D eigenvalue weighted by Gasteiger charge is -2.04. The number of hydrogen-bond acceptors (Lipinski definition) is 3. The molecular formula is C14H17N3OS. The monoisotopic (exact) mass is 275 g/mol. The number of carbonyl (C=O) groups excluding carboxylic acids is 1. The molecule has 1 fully saturated rings. The third-order valence-electron chi connectivity index (χ3n) is 3.38. The number of amides is 1. The second-order valence-electron chi connectivity index (χ2n) is 4.84. The van der Waals surface area contributed by atoms with E-state index in [2.05, 4.69) is 28.7 Å². The fraction of sp³-hybridized carbons (Fsp3) is 0.429. The van der Waals surface area contributed by atoms with Crippen LogP contribution < -0.4 is 5.32 Å². The summed E-state index contributed by atoms with van der Waals surface area (Å²) in [6.45, 7) is 2.16. The zero-order chi connectivity index (χ0) is 13.2. The lowest BCUT2D eigenvalue weighted by atomic mass is 10.2. The predicted molar refractivity (Wildman–Crippen MR) is 76.0 cm³/mol. The maximum absolute atomic E-state index is 11.3. The average Bonchev–Trinajstić information content (AvgIpc) is 3.08. The first kappa shape index (κ1) is 12.4. The number of H-pyrrole nitrogens is 1. The van der Waals surface area contributed by atoms with Crippen molar-refractivity contribution < 1.29 is 4.79 Å². The van der Waals surface area contributed by atoms with Crippen LogP contribution in [-0.4, -0.2) is 15.9 Å². The van der Waals surface area contributed by atoms with Gasteiger partial charge in [0.2, 0.25) is 5.91 Å². The topological polar surface area (TPSA) is 57.8 Å². The molecule has 1 unspecified atom stereocenters. The number of nitrogens with zero attached hydrogens (tertiary/aromatic N) is 1. The lowest BCUT2D eigenvalue weighted by molar-refractivity contribution is -0.119. The van der Waals surface area contributed by atoms with E-state index in [4.69, 9.17) is 4.98 Å². The van der Waals surface area contributed by atoms with Crippen LogP contribution in [0.1, 0.15) is 43.7 Å². The first-order valence-electron chi connectivity index (χ1n) is 6.70. The van der Waals surface area contributed by atoms with Crippen molar-refractivity contribution in [3.8, 4) is 10.6 Å². The summed E-state index contributed by atoms with van der Waals surface area (Å²) in [6, 6.07) is 4.19. The van der Waals surface area contributed by atoms with Gasteiger partial charge < -0.3 is 10.3 Å². The van der Waals surface area contributed by atoms with E-state index in [0.29, 0.717) is 6.42 Å². The van der Waals surface area contributed by atoms with Gasteiger partial charge in [0.1, 0.15) is 11.5 Å². The molecule has 4 nitrogen and oxygen atoms in total. The smallest absolute Gasteiger partial charge is 0.220 e. The van der Waals surface area contributed by atoms with Gasteiger partial charge in [0.05, 0.1) is 10.9 Å². The molecule has 0 saturated carbocycles. The van der Waals surface area contributed by atoms with Gasteiger partial charge in [0, 0.05) is 12.1 Å². The molecule has 2 aromatic rings. The quantitative estimate of drug-likeness (QED) is 0.901. The normalized spacial score (nSPS) is 18.8. The molecule has 1 saturated heterocycles. The summed E-state index contributed by atoms with van der Waals surface area (Å²) in [5.74, 6) is 1.02. The van der Waals surface area contributed by atoms with Crippen molar-refractivity contribution in [3.63, 3.8) is 0 Å². The number of rotatable bonds is 4. The van der Waals surface area contributed by atoms with Crippen LogP contribution in [0.5, 0.6) is 0 Å². The summed E-state index contributed by atoms with van der Waals surface area (Å²) >= 11 is 1.70. The van der Waals surface area contributed by atoms with E-state index in [0.717, 1.165) is 30.8 Å². The Balaban J connectivity index is 1.94. The number of aromatic nitrogens is 2. The van der Waals surface area contributed by atoms with Crippen LogP contribution in [-0.2, 0) is 11.2 Å². The highest BCUT2D eigenvalue weighted by molar-refractivity contribution is 7.13. The van der Waals surface area contributed by atoms with Crippen LogP contribution in [0.2, 0.25) is 0 Å². The highest BCUT2D eigenvalue weighted by Gasteiger charge is 2.26. The number of imidazole rings is 1. The van der Waals surface area contributed by atoms with Gasteiger partial charge in [-0.1, -0.05) is 19.4 Å². The zero-order valence-corrected chi connectivity index (χ0v) is 11.7. The van der Waals surface area contributed by atoms with Crippen LogP contribution in [0.25, 0.3) is 10.6 Å². The molecule has 0 radical (unpaired) electrons. The standard InChI is InChI=1S/C14H17N3OS/c1-2-4-9-13(11-5-3-8-19-11)17-14(16-9)10-6-7-12(18)15-10/h3,5,8,10H,2,4,6-7H2,1H3,(H,15,18)(H,16,17). The van der Waals surface area contributed by atoms with E-state index in [9.17, 15) is 4.79 Å². The summed E-state index contributed by atoms with van der Waals surface area (Å²) in [4.78, 5) is 20.7. The van der Waals surface area contributed by atoms with Crippen molar-refractivity contribution in [1.82, 2.24) is 15.3 Å². The minimum absolute atomic E-state index is 0.0526. The van der Waals surface area contributed by atoms with E-state index >= 15 is 0 Å². The van der Waals surface area contributed by atoms with Gasteiger partial charge >= 0.3 is 0 Å². The Morgan fingerprint density at radius 1 is 1.53 bits per heavy atom. The molecule has 3 rings (SSSR count). The highest BCUT2D eigenvalue weighted by atomic mass is 32.1. The Morgan fingerprint density at radius 2 is 2.42 bits per heavy atom. The Hall–Kier alpha value is -1.62. The molecule has 19 heavy (non-hydrogen) atoms. The number of nitrogens with one attached hydrogen (secondary N) is 2. The summed E-state index contributed by atoms with van der Waals surface area (Å²) in [5, 5.41) is 5.04. The molecule has 0 aromatic carbocycles. The number of aromatic amines is 1. The lowest BCUT2D eigenvalue weighted by Crippen LogP contribution is -2.19. The van der Waals surface area contributed by atoms with E-state index in [1.54, 1.807) is 11.3 Å². The van der Waals surface area contributed by atoms with Gasteiger partial charge in [-0.2, -0.15) is 0 Å². The van der Waals surface area contributed by atoms with Crippen LogP contribution in [0.4, 0.5) is 0 Å². The molecule has 0 aliphatic carbocycles. The molecule has 1 aliphatic heterocycles. The Bertz CT molecular complexity index is 574. The molecule has 1 amide bonds. The largest absolute Gasteiger partial charge is 0.346 e. The molecule has 0 spiro atoms. The second-order valence-corrected chi connectivity index (χ2v) is 5.78. The molecular weight excluding hydrogens is 258 g/mol. The molecule has 2 N–H and O–H groups in total. The van der Waals surface area contributed by atoms with E-state index in [-0.39, 0.29) is 11.9 Å². The first-order valence-corrected chi connectivity index (χ1v) is 7.58. The summed E-state index contributed by atoms with van der Waals surface area (Å²) < 4.78 is 0. The van der Waals surface area contributed by atoms with E-state index in [1.807, 2.05) is 6.07 Å². The van der Waals surface area contributed by atoms with Crippen LogP contribution in [0.15, 0.2) is 17.5 Å². The van der Waals surface area contributed by atoms with Crippen molar-refractivity contribution in [2.45, 2.75) is 38.6 Å². The van der Waals surface area contributed by atoms with Gasteiger partial charge in [-0.3, -0.25) is 4.79 Å². The van der Waals surface area contributed by atoms with Crippen molar-refractivity contribution in [2.24, 2.45) is 0 Å². The highest BCUT2D eigenvalue weighted by Crippen LogP contribution is 2.30. The van der Waals surface area contributed by atoms with Gasteiger partial charge in [0.15, 0.2) is 0 Å². The van der Waals surface area contributed by atoms with Crippen molar-refractivity contribution in [2.75, 3.05) is 0 Å². The number of thiophene rings is 1. The summed E-state index contributed by atoms with van der Waals surface area (Å²) in [6.07, 6.45) is 3.50. The van der Waals surface area contributed by atoms with Gasteiger partial charge in [-0.05, 0) is 24.3 Å². The molecule has 5 heteroatoms. The van der Waals surface area contributed by atoms with Gasteiger partial charge in [0.25, 0.3) is 0 Å². The van der Waals surface area contributed by atoms with E-state index in [1.165, 1.54) is 10.6 Å². The average molecular weight is 275 g/mol. The predicted octanol–water partition coefficient (Wildman–Crippen LogP) is 3.04. The van der Waals surface area contributed by atoms with Crippen molar-refractivity contribution in [1.29, 1.82) is 0 Å². The molecule has 1 atom stereocenters. The Labute approximate surface area is 116 Å².